The number of nitrogens with two attached hydrogens (primary N) is 1. The molecular weight excluding hydrogens is 234 g/mol. The molecule has 0 saturated heterocycles. The number of hydrogen-bond donors (Lipinski definition) is 1. The number of rotatable bonds is 0. The van der Waals surface area contributed by atoms with Crippen LogP contribution in [0.1, 0.15) is 15.9 Å². The molecule has 1 heterocycles. The molecule has 0 saturated carbocycles. The number of carbonyl (C=O) groups is 1. The summed E-state index contributed by atoms with van der Waals surface area (Å²) in [5.41, 5.74) is 7.94. The second kappa shape index (κ2) is 3.03. The zero-order chi connectivity index (χ0) is 9.42. The van der Waals surface area contributed by atoms with Crippen LogP contribution < -0.4 is 5.73 Å². The first-order chi connectivity index (χ1) is 6.20. The van der Waals surface area contributed by atoms with E-state index in [-0.39, 0.29) is 5.97 Å². The highest BCUT2D eigenvalue weighted by Crippen LogP contribution is 2.29. The molecule has 0 aliphatic carbocycles. The maximum Gasteiger partial charge on any atom is 0.338 e. The quantitative estimate of drug-likeness (QED) is 0.557. The first-order valence-electron chi connectivity index (χ1n) is 3.94. The first-order valence-corrected chi connectivity index (χ1v) is 4.73. The fraction of sp³-hybridized carbons (Fsp3) is 0.222. The van der Waals surface area contributed by atoms with E-state index < -0.39 is 0 Å². The lowest BCUT2D eigenvalue weighted by molar-refractivity contribution is 0.0480. The van der Waals surface area contributed by atoms with Crippen LogP contribution in [-0.2, 0) is 11.2 Å². The van der Waals surface area contributed by atoms with Crippen molar-refractivity contribution in [2.75, 3.05) is 12.3 Å². The predicted octanol–water partition coefficient (Wildman–Crippen LogP) is 1.74. The lowest BCUT2D eigenvalue weighted by atomic mass is 10.0. The third kappa shape index (κ3) is 1.31. The lowest BCUT2D eigenvalue weighted by Crippen LogP contribution is -2.19. The highest BCUT2D eigenvalue weighted by Gasteiger charge is 2.21. The third-order valence-electron chi connectivity index (χ3n) is 2.11. The van der Waals surface area contributed by atoms with Crippen LogP contribution in [0, 0.1) is 0 Å². The van der Waals surface area contributed by atoms with Gasteiger partial charge in [-0.15, -0.1) is 0 Å². The van der Waals surface area contributed by atoms with Gasteiger partial charge in [0, 0.05) is 10.9 Å². The highest BCUT2D eigenvalue weighted by atomic mass is 79.9. The van der Waals surface area contributed by atoms with Crippen molar-refractivity contribution < 1.29 is 9.53 Å². The number of cyclic esters (lactones) is 1. The van der Waals surface area contributed by atoms with Gasteiger partial charge in [0.15, 0.2) is 0 Å². The largest absolute Gasteiger partial charge is 0.462 e. The minimum absolute atomic E-state index is 0.277. The van der Waals surface area contributed by atoms with Crippen molar-refractivity contribution in [2.45, 2.75) is 6.42 Å². The van der Waals surface area contributed by atoms with Gasteiger partial charge in [-0.25, -0.2) is 4.79 Å². The van der Waals surface area contributed by atoms with Gasteiger partial charge in [-0.1, -0.05) is 0 Å². The van der Waals surface area contributed by atoms with E-state index in [9.17, 15) is 4.79 Å². The summed E-state index contributed by atoms with van der Waals surface area (Å²) in [6.45, 7) is 0.423. The van der Waals surface area contributed by atoms with E-state index >= 15 is 0 Å². The van der Waals surface area contributed by atoms with Crippen molar-refractivity contribution >= 4 is 27.6 Å². The molecule has 1 aliphatic heterocycles. The first kappa shape index (κ1) is 8.56. The fourth-order valence-electron chi connectivity index (χ4n) is 1.42. The van der Waals surface area contributed by atoms with Gasteiger partial charge in [0.1, 0.15) is 0 Å². The average Bonchev–Trinajstić information content (AvgIpc) is 2.12. The van der Waals surface area contributed by atoms with Crippen molar-refractivity contribution in [3.63, 3.8) is 0 Å². The SMILES string of the molecule is Nc1c(Br)ccc2c1CCOC2=O. The minimum Gasteiger partial charge on any atom is -0.462 e. The molecule has 0 fully saturated rings. The molecule has 3 nitrogen and oxygen atoms in total. The molecule has 0 unspecified atom stereocenters. The Bertz CT molecular complexity index is 376. The normalized spacial score (nSPS) is 15.0. The predicted molar refractivity (Wildman–Crippen MR) is 52.5 cm³/mol. The van der Waals surface area contributed by atoms with Crippen molar-refractivity contribution in [1.29, 1.82) is 0 Å². The third-order valence-corrected chi connectivity index (χ3v) is 2.80. The summed E-state index contributed by atoms with van der Waals surface area (Å²) >= 11 is 3.32. The van der Waals surface area contributed by atoms with Crippen LogP contribution in [0.2, 0.25) is 0 Å². The molecule has 0 atom stereocenters. The van der Waals surface area contributed by atoms with Crippen LogP contribution in [0.5, 0.6) is 0 Å². The topological polar surface area (TPSA) is 52.3 Å². The molecule has 4 heteroatoms. The number of anilines is 1. The molecule has 0 spiro atoms. The summed E-state index contributed by atoms with van der Waals surface area (Å²) in [4.78, 5) is 11.3. The van der Waals surface area contributed by atoms with E-state index in [0.717, 1.165) is 10.0 Å². The monoisotopic (exact) mass is 241 g/mol. The van der Waals surface area contributed by atoms with Crippen molar-refractivity contribution in [3.05, 3.63) is 27.7 Å². The second-order valence-corrected chi connectivity index (χ2v) is 3.73. The van der Waals surface area contributed by atoms with Gasteiger partial charge in [-0.3, -0.25) is 0 Å². The Hall–Kier alpha value is -1.03. The second-order valence-electron chi connectivity index (χ2n) is 2.87. The van der Waals surface area contributed by atoms with Crippen molar-refractivity contribution in [1.82, 2.24) is 0 Å². The van der Waals surface area contributed by atoms with Crippen LogP contribution in [-0.4, -0.2) is 12.6 Å². The number of nitrogen functional groups attached to an aromatic ring is 1. The number of esters is 1. The summed E-state index contributed by atoms with van der Waals surface area (Å²) < 4.78 is 5.72. The summed E-state index contributed by atoms with van der Waals surface area (Å²) in [7, 11) is 0. The number of ether oxygens (including phenoxy) is 1. The standard InChI is InChI=1S/C9H8BrNO2/c10-7-2-1-6-5(8(7)11)3-4-13-9(6)12/h1-2H,3-4,11H2. The Labute approximate surface area is 84.0 Å². The molecule has 2 N–H and O–H groups in total. The maximum atomic E-state index is 11.3. The molecule has 2 rings (SSSR count). The van der Waals surface area contributed by atoms with Gasteiger partial charge in [-0.05, 0) is 33.6 Å². The summed E-state index contributed by atoms with van der Waals surface area (Å²) in [6.07, 6.45) is 0.701. The van der Waals surface area contributed by atoms with E-state index in [2.05, 4.69) is 15.9 Å². The smallest absolute Gasteiger partial charge is 0.338 e. The number of halogens is 1. The van der Waals surface area contributed by atoms with Crippen LogP contribution in [0.3, 0.4) is 0 Å². The molecule has 0 amide bonds. The average molecular weight is 242 g/mol. The molecule has 0 bridgehead atoms. The summed E-state index contributed by atoms with van der Waals surface area (Å²) in [6, 6.07) is 3.50. The van der Waals surface area contributed by atoms with Gasteiger partial charge in [0.2, 0.25) is 0 Å². The number of hydrogen-bond acceptors (Lipinski definition) is 3. The maximum absolute atomic E-state index is 11.3. The van der Waals surface area contributed by atoms with Crippen LogP contribution in [0.15, 0.2) is 16.6 Å². The number of fused-ring (bicyclic) bond motifs is 1. The molecule has 0 radical (unpaired) electrons. The zero-order valence-corrected chi connectivity index (χ0v) is 8.43. The molecule has 1 aromatic carbocycles. The van der Waals surface area contributed by atoms with Crippen LogP contribution >= 0.6 is 15.9 Å². The van der Waals surface area contributed by atoms with Crippen LogP contribution in [0.25, 0.3) is 0 Å². The molecule has 1 aliphatic rings. The Balaban J connectivity index is 2.63. The number of benzene rings is 1. The molecular formula is C9H8BrNO2. The van der Waals surface area contributed by atoms with E-state index in [1.54, 1.807) is 12.1 Å². The van der Waals surface area contributed by atoms with E-state index in [1.165, 1.54) is 0 Å². The fourth-order valence-corrected chi connectivity index (χ4v) is 1.79. The number of carbonyl (C=O) groups excluding carboxylic acids is 1. The van der Waals surface area contributed by atoms with Gasteiger partial charge in [0.05, 0.1) is 17.9 Å². The van der Waals surface area contributed by atoms with E-state index in [0.29, 0.717) is 24.3 Å². The summed E-state index contributed by atoms with van der Waals surface area (Å²) in [5.74, 6) is -0.277. The van der Waals surface area contributed by atoms with E-state index in [4.69, 9.17) is 10.5 Å². The molecule has 68 valence electrons. The Morgan fingerprint density at radius 2 is 2.23 bits per heavy atom. The Morgan fingerprint density at radius 3 is 3.00 bits per heavy atom. The summed E-state index contributed by atoms with van der Waals surface area (Å²) in [5, 5.41) is 0. The van der Waals surface area contributed by atoms with Gasteiger partial charge in [0.25, 0.3) is 0 Å². The van der Waals surface area contributed by atoms with Gasteiger partial charge < -0.3 is 10.5 Å². The van der Waals surface area contributed by atoms with Crippen molar-refractivity contribution in [2.24, 2.45) is 0 Å². The highest BCUT2D eigenvalue weighted by molar-refractivity contribution is 9.10. The minimum atomic E-state index is -0.277. The van der Waals surface area contributed by atoms with Gasteiger partial charge in [-0.2, -0.15) is 0 Å². The van der Waals surface area contributed by atoms with Gasteiger partial charge >= 0.3 is 5.97 Å². The molecule has 13 heavy (non-hydrogen) atoms. The Morgan fingerprint density at radius 1 is 1.46 bits per heavy atom. The Kier molecular flexibility index (Phi) is 2.00. The van der Waals surface area contributed by atoms with E-state index in [1.807, 2.05) is 0 Å². The van der Waals surface area contributed by atoms with Crippen LogP contribution in [0.4, 0.5) is 5.69 Å². The molecule has 0 aromatic heterocycles. The van der Waals surface area contributed by atoms with Crippen molar-refractivity contribution in [3.8, 4) is 0 Å². The molecule has 1 aromatic rings. The lowest BCUT2D eigenvalue weighted by Gasteiger charge is -2.17. The zero-order valence-electron chi connectivity index (χ0n) is 6.84.